The van der Waals surface area contributed by atoms with Gasteiger partial charge in [0.25, 0.3) is 5.60 Å². The molecular weight excluding hydrogens is 136 g/mol. The van der Waals surface area contributed by atoms with Gasteiger partial charge in [-0.2, -0.15) is 10.5 Å². The van der Waals surface area contributed by atoms with Crippen LogP contribution in [-0.4, -0.2) is 16.9 Å². The average Bonchev–Trinajstić information content (AvgIpc) is 1.87. The van der Waals surface area contributed by atoms with E-state index in [9.17, 15) is 4.79 Å². The summed E-state index contributed by atoms with van der Waals surface area (Å²) in [5.41, 5.74) is -1.88. The van der Waals surface area contributed by atoms with Gasteiger partial charge in [0.1, 0.15) is 12.1 Å². The van der Waals surface area contributed by atoms with E-state index in [-0.39, 0.29) is 0 Å². The van der Waals surface area contributed by atoms with Crippen LogP contribution >= 0.6 is 0 Å². The van der Waals surface area contributed by atoms with Gasteiger partial charge in [-0.25, -0.2) is 4.79 Å². The van der Waals surface area contributed by atoms with E-state index in [4.69, 9.17) is 15.6 Å². The van der Waals surface area contributed by atoms with Crippen molar-refractivity contribution in [2.75, 3.05) is 0 Å². The van der Waals surface area contributed by atoms with E-state index in [1.54, 1.807) is 0 Å². The molecule has 0 saturated carbocycles. The van der Waals surface area contributed by atoms with E-state index in [1.807, 2.05) is 0 Å². The Morgan fingerprint density at radius 3 is 2.10 bits per heavy atom. The fraction of sp³-hybridized carbons (Fsp3) is 0.400. The van der Waals surface area contributed by atoms with Crippen LogP contribution in [0.3, 0.4) is 0 Å². The lowest BCUT2D eigenvalue weighted by Gasteiger charge is -2.08. The second-order valence-electron chi connectivity index (χ2n) is 1.62. The minimum absolute atomic E-state index is 1.07. The van der Waals surface area contributed by atoms with E-state index in [0.717, 1.165) is 6.92 Å². The zero-order valence-electron chi connectivity index (χ0n) is 5.16. The molecule has 0 aliphatic heterocycles. The number of nitrogens with zero attached hydrogens (tertiary/aromatic N) is 2. The topological polar surface area (TPSA) is 94.1 Å². The molecule has 0 spiro atoms. The lowest BCUT2D eigenvalue weighted by atomic mass is 10.2. The quantitative estimate of drug-likeness (QED) is 0.534. The van der Waals surface area contributed by atoms with E-state index in [0.29, 0.717) is 0 Å². The molecule has 0 amide bonds. The van der Waals surface area contributed by atoms with Crippen LogP contribution in [-0.2, 0) is 4.74 Å². The molecule has 5 nitrogen and oxygen atoms in total. The maximum Gasteiger partial charge on any atom is 0.508 e. The molecule has 0 rings (SSSR count). The molecular formula is C5H4N2O3. The van der Waals surface area contributed by atoms with Gasteiger partial charge in [-0.1, -0.05) is 0 Å². The molecule has 0 saturated heterocycles. The maximum atomic E-state index is 9.81. The number of nitriles is 2. The average molecular weight is 140 g/mol. The molecule has 0 aromatic carbocycles. The summed E-state index contributed by atoms with van der Waals surface area (Å²) >= 11 is 0. The fourth-order valence-electron chi connectivity index (χ4n) is 0.245. The molecule has 0 aliphatic carbocycles. The van der Waals surface area contributed by atoms with Crippen molar-refractivity contribution in [3.05, 3.63) is 0 Å². The van der Waals surface area contributed by atoms with Crippen LogP contribution in [0, 0.1) is 22.7 Å². The van der Waals surface area contributed by atoms with Crippen molar-refractivity contribution in [1.82, 2.24) is 0 Å². The maximum absolute atomic E-state index is 9.81. The van der Waals surface area contributed by atoms with Crippen LogP contribution in [0.25, 0.3) is 0 Å². The second-order valence-corrected chi connectivity index (χ2v) is 1.62. The second kappa shape index (κ2) is 2.70. The molecule has 0 bridgehead atoms. The van der Waals surface area contributed by atoms with Crippen LogP contribution in [0.4, 0.5) is 4.79 Å². The summed E-state index contributed by atoms with van der Waals surface area (Å²) in [6.07, 6.45) is -1.63. The smallest absolute Gasteiger partial charge is 0.450 e. The van der Waals surface area contributed by atoms with Crippen molar-refractivity contribution in [2.45, 2.75) is 12.5 Å². The predicted octanol–water partition coefficient (Wildman–Crippen LogP) is 0.487. The molecule has 0 atom stereocenters. The summed E-state index contributed by atoms with van der Waals surface area (Å²) in [4.78, 5) is 9.81. The van der Waals surface area contributed by atoms with Crippen molar-refractivity contribution in [1.29, 1.82) is 10.5 Å². The zero-order valence-corrected chi connectivity index (χ0v) is 5.16. The fourth-order valence-corrected chi connectivity index (χ4v) is 0.245. The standard InChI is InChI=1S/C5H4N2O3/c1-5(2-6,3-7)10-4(8)9/h1H3,(H,8,9). The highest BCUT2D eigenvalue weighted by molar-refractivity contribution is 5.58. The molecule has 1 N–H and O–H groups in total. The van der Waals surface area contributed by atoms with Crippen molar-refractivity contribution < 1.29 is 14.6 Å². The number of hydrogen-bond acceptors (Lipinski definition) is 4. The molecule has 0 radical (unpaired) electrons. The Kier molecular flexibility index (Phi) is 2.22. The molecule has 5 heteroatoms. The highest BCUT2D eigenvalue weighted by atomic mass is 16.7. The molecule has 0 heterocycles. The summed E-state index contributed by atoms with van der Waals surface area (Å²) in [6, 6.07) is 2.79. The monoisotopic (exact) mass is 140 g/mol. The lowest BCUT2D eigenvalue weighted by molar-refractivity contribution is 0.0511. The number of carboxylic acid groups (broad SMARTS) is 1. The van der Waals surface area contributed by atoms with E-state index in [1.165, 1.54) is 12.1 Å². The van der Waals surface area contributed by atoms with Gasteiger partial charge >= 0.3 is 6.16 Å². The van der Waals surface area contributed by atoms with Gasteiger partial charge in [0.2, 0.25) is 0 Å². The Bertz CT molecular complexity index is 208. The first-order valence-corrected chi connectivity index (χ1v) is 2.28. The molecule has 0 fully saturated rings. The van der Waals surface area contributed by atoms with E-state index >= 15 is 0 Å². The Labute approximate surface area is 57.1 Å². The van der Waals surface area contributed by atoms with Crippen molar-refractivity contribution >= 4 is 6.16 Å². The largest absolute Gasteiger partial charge is 0.508 e. The van der Waals surface area contributed by atoms with Crippen LogP contribution in [0.5, 0.6) is 0 Å². The molecule has 52 valence electrons. The predicted molar refractivity (Wildman–Crippen MR) is 28.7 cm³/mol. The first-order chi connectivity index (χ1) is 4.54. The third-order valence-corrected chi connectivity index (χ3v) is 0.718. The first-order valence-electron chi connectivity index (χ1n) is 2.28. The van der Waals surface area contributed by atoms with Crippen LogP contribution in [0.15, 0.2) is 0 Å². The van der Waals surface area contributed by atoms with Gasteiger partial charge in [0.05, 0.1) is 0 Å². The van der Waals surface area contributed by atoms with Crippen molar-refractivity contribution in [3.63, 3.8) is 0 Å². The third-order valence-electron chi connectivity index (χ3n) is 0.718. The highest BCUT2D eigenvalue weighted by Crippen LogP contribution is 2.06. The van der Waals surface area contributed by atoms with Crippen LogP contribution in [0.2, 0.25) is 0 Å². The molecule has 0 unspecified atom stereocenters. The highest BCUT2D eigenvalue weighted by Gasteiger charge is 2.27. The summed E-state index contributed by atoms with van der Waals surface area (Å²) in [6.45, 7) is 1.07. The van der Waals surface area contributed by atoms with Gasteiger partial charge in [-0.15, -0.1) is 0 Å². The molecule has 10 heavy (non-hydrogen) atoms. The van der Waals surface area contributed by atoms with Gasteiger partial charge < -0.3 is 9.84 Å². The molecule has 0 aromatic heterocycles. The van der Waals surface area contributed by atoms with Gasteiger partial charge in [-0.3, -0.25) is 0 Å². The van der Waals surface area contributed by atoms with Gasteiger partial charge in [-0.05, 0) is 0 Å². The normalized spacial score (nSPS) is 9.10. The minimum atomic E-state index is -1.88. The Morgan fingerprint density at radius 2 is 2.00 bits per heavy atom. The third kappa shape index (κ3) is 2.01. The SMILES string of the molecule is CC(C#N)(C#N)OC(=O)O. The van der Waals surface area contributed by atoms with Crippen molar-refractivity contribution in [2.24, 2.45) is 0 Å². The number of hydrogen-bond donors (Lipinski definition) is 1. The van der Waals surface area contributed by atoms with Crippen LogP contribution < -0.4 is 0 Å². The Balaban J connectivity index is 4.29. The minimum Gasteiger partial charge on any atom is -0.450 e. The summed E-state index contributed by atoms with van der Waals surface area (Å²) in [7, 11) is 0. The molecule has 0 aliphatic rings. The summed E-state index contributed by atoms with van der Waals surface area (Å²) < 4.78 is 3.93. The number of ether oxygens (including phenoxy) is 1. The Hall–Kier alpha value is -1.75. The van der Waals surface area contributed by atoms with Crippen LogP contribution in [0.1, 0.15) is 6.92 Å². The van der Waals surface area contributed by atoms with E-state index < -0.39 is 11.8 Å². The van der Waals surface area contributed by atoms with Gasteiger partial charge in [0, 0.05) is 6.92 Å². The molecule has 0 aromatic rings. The number of carbonyl (C=O) groups is 1. The number of rotatable bonds is 1. The van der Waals surface area contributed by atoms with E-state index in [2.05, 4.69) is 4.74 Å². The summed E-state index contributed by atoms with van der Waals surface area (Å²) in [5, 5.41) is 24.3. The summed E-state index contributed by atoms with van der Waals surface area (Å²) in [5.74, 6) is 0. The zero-order chi connectivity index (χ0) is 8.20. The van der Waals surface area contributed by atoms with Crippen molar-refractivity contribution in [3.8, 4) is 12.1 Å². The Morgan fingerprint density at radius 1 is 1.60 bits per heavy atom. The first kappa shape index (κ1) is 8.25. The van der Waals surface area contributed by atoms with Gasteiger partial charge in [0.15, 0.2) is 0 Å². The lowest BCUT2D eigenvalue weighted by Crippen LogP contribution is -2.26.